The maximum Gasteiger partial charge on any atom is 0.411 e. The van der Waals surface area contributed by atoms with Crippen LogP contribution in [0.3, 0.4) is 0 Å². The summed E-state index contributed by atoms with van der Waals surface area (Å²) in [5, 5.41) is 13.2. The van der Waals surface area contributed by atoms with Gasteiger partial charge < -0.3 is 18.9 Å². The predicted molar refractivity (Wildman–Crippen MR) is 159 cm³/mol. The van der Waals surface area contributed by atoms with Crippen LogP contribution in [0.15, 0.2) is 74.4 Å². The predicted octanol–water partition coefficient (Wildman–Crippen LogP) is 3.72. The molecule has 2 N–H and O–H groups in total. The van der Waals surface area contributed by atoms with Crippen LogP contribution in [0.4, 0.5) is 10.5 Å². The highest BCUT2D eigenvalue weighted by atomic mass is 16.5. The van der Waals surface area contributed by atoms with Gasteiger partial charge in [0.2, 0.25) is 23.5 Å². The molecule has 0 bridgehead atoms. The number of methoxy groups -OCH3 is 1. The van der Waals surface area contributed by atoms with Gasteiger partial charge in [-0.1, -0.05) is 56.3 Å². The van der Waals surface area contributed by atoms with Gasteiger partial charge in [0, 0.05) is 5.56 Å². The van der Waals surface area contributed by atoms with Gasteiger partial charge in [-0.3, -0.25) is 24.3 Å². The van der Waals surface area contributed by atoms with Crippen molar-refractivity contribution in [2.24, 2.45) is 5.92 Å². The lowest BCUT2D eigenvalue weighted by molar-refractivity contribution is -0.122. The molecule has 1 unspecified atom stereocenters. The van der Waals surface area contributed by atoms with E-state index < -0.39 is 41.3 Å². The molecule has 0 radical (unpaired) electrons. The normalized spacial score (nSPS) is 14.2. The van der Waals surface area contributed by atoms with E-state index >= 15 is 0 Å². The van der Waals surface area contributed by atoms with E-state index in [4.69, 9.17) is 8.83 Å². The maximum absolute atomic E-state index is 13.6. The lowest BCUT2D eigenvalue weighted by Gasteiger charge is -2.20. The first-order chi connectivity index (χ1) is 21.7. The Hall–Kier alpha value is -5.66. The Bertz CT molecular complexity index is 1920. The number of hydrogen-bond donors (Lipinski definition) is 2. The summed E-state index contributed by atoms with van der Waals surface area (Å²) in [6.45, 7) is 3.01. The van der Waals surface area contributed by atoms with Crippen molar-refractivity contribution in [2.45, 2.75) is 44.7 Å². The molecule has 3 heterocycles. The summed E-state index contributed by atoms with van der Waals surface area (Å²) in [7, 11) is 1.16. The van der Waals surface area contributed by atoms with Crippen molar-refractivity contribution in [1.29, 1.82) is 0 Å². The molecule has 1 aliphatic carbocycles. The van der Waals surface area contributed by atoms with E-state index in [1.807, 2.05) is 24.3 Å². The number of carbonyl (C=O) groups excluding carboxylic acids is 3. The van der Waals surface area contributed by atoms with Gasteiger partial charge in [0.15, 0.2) is 5.58 Å². The molecule has 230 valence electrons. The molecule has 1 fully saturated rings. The first kappa shape index (κ1) is 29.4. The quantitative estimate of drug-likeness (QED) is 0.219. The average molecular weight is 612 g/mol. The molecule has 14 nitrogen and oxygen atoms in total. The zero-order chi connectivity index (χ0) is 31.7. The molecule has 0 saturated heterocycles. The van der Waals surface area contributed by atoms with Gasteiger partial charge >= 0.3 is 6.09 Å². The van der Waals surface area contributed by atoms with E-state index in [2.05, 4.69) is 35.5 Å². The highest BCUT2D eigenvalue weighted by molar-refractivity contribution is 5.98. The fourth-order valence-corrected chi connectivity index (χ4v) is 4.97. The number of rotatable bonds is 10. The van der Waals surface area contributed by atoms with Crippen LogP contribution in [0, 0.1) is 5.92 Å². The minimum Gasteiger partial charge on any atom is -0.453 e. The zero-order valence-electron chi connectivity index (χ0n) is 24.6. The lowest BCUT2D eigenvalue weighted by atomic mass is 9.99. The summed E-state index contributed by atoms with van der Waals surface area (Å²) in [5.74, 6) is -1.03. The number of aromatic nitrogens is 5. The van der Waals surface area contributed by atoms with Gasteiger partial charge in [0.05, 0.1) is 19.3 Å². The standard InChI is InChI=1S/C31H29N7O7/c1-17(2)23(24(40)26-36-37-29(45-26)31(13-14-31)28-33-19-11-7-8-12-21(19)44-28)35-22(39)16-38-25(18-9-5-4-6-10-18)32-15-20(27(38)41)34-30(42)43-3/h4-12,15,17,23H,13-14,16H2,1-3H3,(H,34,42)(H,35,39). The summed E-state index contributed by atoms with van der Waals surface area (Å²) in [6.07, 6.45) is 1.65. The summed E-state index contributed by atoms with van der Waals surface area (Å²) < 4.78 is 17.5. The molecule has 1 saturated carbocycles. The molecule has 0 aliphatic heterocycles. The number of nitrogens with one attached hydrogen (secondary N) is 2. The molecule has 6 rings (SSSR count). The van der Waals surface area contributed by atoms with E-state index in [9.17, 15) is 19.2 Å². The van der Waals surface area contributed by atoms with E-state index in [0.29, 0.717) is 35.4 Å². The average Bonchev–Trinajstić information content (AvgIpc) is 3.48. The fourth-order valence-electron chi connectivity index (χ4n) is 4.97. The number of oxazole rings is 1. The van der Waals surface area contributed by atoms with Crippen molar-refractivity contribution >= 4 is 34.6 Å². The second-order valence-corrected chi connectivity index (χ2v) is 11.0. The molecule has 5 aromatic rings. The second kappa shape index (κ2) is 11.8. The van der Waals surface area contributed by atoms with Crippen LogP contribution in [-0.4, -0.2) is 55.7 Å². The molecule has 3 aromatic heterocycles. The number of ether oxygens (including phenoxy) is 1. The van der Waals surface area contributed by atoms with Crippen molar-refractivity contribution in [3.63, 3.8) is 0 Å². The van der Waals surface area contributed by atoms with E-state index in [-0.39, 0.29) is 29.2 Å². The largest absolute Gasteiger partial charge is 0.453 e. The molecule has 2 amide bonds. The molecule has 14 heteroatoms. The smallest absolute Gasteiger partial charge is 0.411 e. The van der Waals surface area contributed by atoms with Gasteiger partial charge in [-0.05, 0) is 30.9 Å². The van der Waals surface area contributed by atoms with Crippen LogP contribution in [0.2, 0.25) is 0 Å². The Balaban J connectivity index is 1.24. The number of amides is 2. The minimum atomic E-state index is -1.05. The third-order valence-corrected chi connectivity index (χ3v) is 7.57. The minimum absolute atomic E-state index is 0.183. The van der Waals surface area contributed by atoms with Crippen LogP contribution in [0.1, 0.15) is 49.2 Å². The van der Waals surface area contributed by atoms with Gasteiger partial charge in [-0.2, -0.15) is 0 Å². The first-order valence-corrected chi connectivity index (χ1v) is 14.2. The number of anilines is 1. The van der Waals surface area contributed by atoms with Gasteiger partial charge in [-0.15, -0.1) is 10.2 Å². The van der Waals surface area contributed by atoms with Crippen molar-refractivity contribution in [3.8, 4) is 11.4 Å². The monoisotopic (exact) mass is 611 g/mol. The topological polar surface area (TPSA) is 184 Å². The Kier molecular flexibility index (Phi) is 7.71. The van der Waals surface area contributed by atoms with E-state index in [1.54, 1.807) is 44.2 Å². The number of carbonyl (C=O) groups is 3. The summed E-state index contributed by atoms with van der Waals surface area (Å²) >= 11 is 0. The van der Waals surface area contributed by atoms with Crippen LogP contribution in [-0.2, 0) is 21.5 Å². The number of benzene rings is 2. The van der Waals surface area contributed by atoms with Crippen LogP contribution in [0.5, 0.6) is 0 Å². The van der Waals surface area contributed by atoms with Gasteiger partial charge in [-0.25, -0.2) is 14.8 Å². The van der Waals surface area contributed by atoms with E-state index in [1.165, 1.54) is 6.20 Å². The number of ketones is 1. The number of Topliss-reactive ketones (excluding diaryl/α,β-unsaturated/α-hetero) is 1. The first-order valence-electron chi connectivity index (χ1n) is 14.2. The van der Waals surface area contributed by atoms with Crippen LogP contribution < -0.4 is 16.2 Å². The highest BCUT2D eigenvalue weighted by Gasteiger charge is 2.55. The highest BCUT2D eigenvalue weighted by Crippen LogP contribution is 2.53. The lowest BCUT2D eigenvalue weighted by Crippen LogP contribution is -2.46. The number of hydrogen-bond acceptors (Lipinski definition) is 11. The Morgan fingerprint density at radius 2 is 1.73 bits per heavy atom. The Morgan fingerprint density at radius 1 is 1.00 bits per heavy atom. The number of fused-ring (bicyclic) bond motifs is 1. The Labute approximate surface area is 255 Å². The van der Waals surface area contributed by atoms with Crippen molar-refractivity contribution in [3.05, 3.63) is 88.8 Å². The SMILES string of the molecule is COC(=O)Nc1cnc(-c2ccccc2)n(CC(=O)NC(C(=O)c2nnc(C3(c4nc5ccccc5o4)CC3)o2)C(C)C)c1=O. The molecular weight excluding hydrogens is 582 g/mol. The third-order valence-electron chi connectivity index (χ3n) is 7.57. The molecular formula is C31H29N7O7. The van der Waals surface area contributed by atoms with Crippen LogP contribution in [0.25, 0.3) is 22.5 Å². The summed E-state index contributed by atoms with van der Waals surface area (Å²) in [4.78, 5) is 61.0. The van der Waals surface area contributed by atoms with Crippen molar-refractivity contribution in [2.75, 3.05) is 12.4 Å². The van der Waals surface area contributed by atoms with Gasteiger partial charge in [0.1, 0.15) is 29.0 Å². The fraction of sp³-hybridized carbons (Fsp3) is 0.290. The third kappa shape index (κ3) is 5.69. The molecule has 0 spiro atoms. The molecule has 1 aliphatic rings. The number of nitrogens with zero attached hydrogens (tertiary/aromatic N) is 5. The van der Waals surface area contributed by atoms with Crippen molar-refractivity contribution in [1.82, 2.24) is 30.0 Å². The second-order valence-electron chi connectivity index (χ2n) is 11.0. The summed E-state index contributed by atoms with van der Waals surface area (Å²) in [6, 6.07) is 15.1. The van der Waals surface area contributed by atoms with Gasteiger partial charge in [0.25, 0.3) is 11.4 Å². The summed E-state index contributed by atoms with van der Waals surface area (Å²) in [5.41, 5.74) is 0.313. The molecule has 45 heavy (non-hydrogen) atoms. The van der Waals surface area contributed by atoms with E-state index in [0.717, 1.165) is 11.7 Å². The zero-order valence-corrected chi connectivity index (χ0v) is 24.6. The van der Waals surface area contributed by atoms with Crippen molar-refractivity contribution < 1.29 is 28.0 Å². The number of para-hydroxylation sites is 2. The molecule has 1 atom stereocenters. The Morgan fingerprint density at radius 3 is 2.42 bits per heavy atom. The molecule has 2 aromatic carbocycles. The van der Waals surface area contributed by atoms with Crippen LogP contribution >= 0.6 is 0 Å². The maximum atomic E-state index is 13.6.